The standard InChI is InChI=1S/C19H26N4O5S/c1-11-6-28-7-12(2)23(11)17(24)15-5-19(3-4-19)10-22(15)18(25)16-13-8-29(26,27)9-14(13)20-21-16/h11-12,15H,3-10H2,1-2H3,(H,20,21)/t11?,12?,15-/m0/s1. The van der Waals surface area contributed by atoms with E-state index in [1.807, 2.05) is 18.7 Å². The molecule has 0 aromatic carbocycles. The van der Waals surface area contributed by atoms with Gasteiger partial charge in [-0.05, 0) is 38.5 Å². The van der Waals surface area contributed by atoms with Gasteiger partial charge in [0.15, 0.2) is 15.5 Å². The van der Waals surface area contributed by atoms with Crippen molar-refractivity contribution < 1.29 is 22.7 Å². The van der Waals surface area contributed by atoms with E-state index in [0.717, 1.165) is 12.8 Å². The fourth-order valence-electron chi connectivity index (χ4n) is 5.12. The zero-order valence-corrected chi connectivity index (χ0v) is 17.5. The van der Waals surface area contributed by atoms with E-state index >= 15 is 0 Å². The maximum Gasteiger partial charge on any atom is 0.275 e. The molecule has 1 aromatic rings. The number of fused-ring (bicyclic) bond motifs is 1. The average molecular weight is 423 g/mol. The van der Waals surface area contributed by atoms with E-state index < -0.39 is 15.9 Å². The molecule has 0 bridgehead atoms. The molecule has 1 spiro atoms. The second-order valence-electron chi connectivity index (χ2n) is 9.20. The van der Waals surface area contributed by atoms with Gasteiger partial charge in [0.1, 0.15) is 6.04 Å². The van der Waals surface area contributed by atoms with Gasteiger partial charge in [-0.3, -0.25) is 14.7 Å². The van der Waals surface area contributed by atoms with Crippen LogP contribution in [-0.4, -0.2) is 78.1 Å². The number of carbonyl (C=O) groups is 2. The van der Waals surface area contributed by atoms with Crippen molar-refractivity contribution in [3.05, 3.63) is 17.0 Å². The number of nitrogens with zero attached hydrogens (tertiary/aromatic N) is 3. The molecule has 1 aromatic heterocycles. The summed E-state index contributed by atoms with van der Waals surface area (Å²) >= 11 is 0. The molecular weight excluding hydrogens is 396 g/mol. The van der Waals surface area contributed by atoms with Crippen LogP contribution in [-0.2, 0) is 30.9 Å². The normalized spacial score (nSPS) is 31.9. The van der Waals surface area contributed by atoms with Gasteiger partial charge >= 0.3 is 0 Å². The summed E-state index contributed by atoms with van der Waals surface area (Å²) in [6, 6.07) is -0.615. The molecule has 3 fully saturated rings. The van der Waals surface area contributed by atoms with E-state index in [9.17, 15) is 18.0 Å². The van der Waals surface area contributed by atoms with Crippen molar-refractivity contribution in [2.24, 2.45) is 5.41 Å². The van der Waals surface area contributed by atoms with Crippen LogP contribution >= 0.6 is 0 Å². The lowest BCUT2D eigenvalue weighted by Gasteiger charge is -2.41. The van der Waals surface area contributed by atoms with E-state index in [1.165, 1.54) is 0 Å². The molecule has 2 unspecified atom stereocenters. The first kappa shape index (κ1) is 19.0. The highest BCUT2D eigenvalue weighted by Crippen LogP contribution is 2.55. The molecule has 2 amide bonds. The Morgan fingerprint density at radius 2 is 1.86 bits per heavy atom. The van der Waals surface area contributed by atoms with E-state index in [2.05, 4.69) is 10.2 Å². The summed E-state index contributed by atoms with van der Waals surface area (Å²) in [6.07, 6.45) is 2.70. The highest BCUT2D eigenvalue weighted by Gasteiger charge is 2.57. The molecule has 4 aliphatic rings. The lowest BCUT2D eigenvalue weighted by atomic mass is 10.0. The molecule has 29 heavy (non-hydrogen) atoms. The van der Waals surface area contributed by atoms with Crippen LogP contribution in [0.1, 0.15) is 54.9 Å². The number of aromatic nitrogens is 2. The Balaban J connectivity index is 1.44. The fourth-order valence-corrected chi connectivity index (χ4v) is 6.65. The van der Waals surface area contributed by atoms with Crippen LogP contribution in [0.25, 0.3) is 0 Å². The smallest absolute Gasteiger partial charge is 0.275 e. The highest BCUT2D eigenvalue weighted by atomic mass is 32.2. The van der Waals surface area contributed by atoms with Crippen molar-refractivity contribution in [3.8, 4) is 0 Å². The summed E-state index contributed by atoms with van der Waals surface area (Å²) in [6.45, 7) is 5.45. The van der Waals surface area contributed by atoms with Gasteiger partial charge in [-0.25, -0.2) is 8.42 Å². The Bertz CT molecular complexity index is 973. The third kappa shape index (κ3) is 3.07. The van der Waals surface area contributed by atoms with Gasteiger partial charge in [-0.2, -0.15) is 5.10 Å². The SMILES string of the molecule is CC1COCC(C)N1C(=O)[C@@H]1CC2(CC2)CN1C(=O)c1n[nH]c2c1CS(=O)(=O)C2. The summed E-state index contributed by atoms with van der Waals surface area (Å²) < 4.78 is 29.5. The number of H-pyrrole nitrogens is 1. The molecule has 5 rings (SSSR count). The number of nitrogens with one attached hydrogen (secondary N) is 1. The Morgan fingerprint density at radius 3 is 2.52 bits per heavy atom. The van der Waals surface area contributed by atoms with Gasteiger partial charge in [-0.15, -0.1) is 0 Å². The largest absolute Gasteiger partial charge is 0.377 e. The summed E-state index contributed by atoms with van der Waals surface area (Å²) in [7, 11) is -3.24. The lowest BCUT2D eigenvalue weighted by molar-refractivity contribution is -0.148. The maximum atomic E-state index is 13.5. The van der Waals surface area contributed by atoms with Crippen LogP contribution in [0, 0.1) is 5.41 Å². The average Bonchev–Trinajstić information content (AvgIpc) is 2.97. The molecule has 2 saturated heterocycles. The Morgan fingerprint density at radius 1 is 1.17 bits per heavy atom. The lowest BCUT2D eigenvalue weighted by Crippen LogP contribution is -2.58. The Hall–Kier alpha value is -1.94. The summed E-state index contributed by atoms with van der Waals surface area (Å²) in [5.74, 6) is -0.659. The summed E-state index contributed by atoms with van der Waals surface area (Å²) in [4.78, 5) is 30.4. The summed E-state index contributed by atoms with van der Waals surface area (Å²) in [5, 5.41) is 6.84. The molecule has 3 atom stereocenters. The number of aromatic amines is 1. The monoisotopic (exact) mass is 422 g/mol. The Kier molecular flexibility index (Phi) is 4.12. The van der Waals surface area contributed by atoms with Gasteiger partial charge < -0.3 is 14.5 Å². The van der Waals surface area contributed by atoms with E-state index in [4.69, 9.17) is 4.74 Å². The highest BCUT2D eigenvalue weighted by molar-refractivity contribution is 7.90. The van der Waals surface area contributed by atoms with Gasteiger partial charge in [0.2, 0.25) is 5.91 Å². The predicted octanol–water partition coefficient (Wildman–Crippen LogP) is 0.469. The molecular formula is C19H26N4O5S. The van der Waals surface area contributed by atoms with Crippen molar-refractivity contribution in [2.75, 3.05) is 19.8 Å². The molecule has 9 nitrogen and oxygen atoms in total. The van der Waals surface area contributed by atoms with E-state index in [1.54, 1.807) is 4.90 Å². The predicted molar refractivity (Wildman–Crippen MR) is 103 cm³/mol. The first-order valence-corrected chi connectivity index (χ1v) is 12.0. The number of rotatable bonds is 2. The van der Waals surface area contributed by atoms with Crippen LogP contribution in [0.2, 0.25) is 0 Å². The van der Waals surface area contributed by atoms with Gasteiger partial charge in [0.05, 0.1) is 42.5 Å². The number of hydrogen-bond donors (Lipinski definition) is 1. The zero-order valence-electron chi connectivity index (χ0n) is 16.7. The molecule has 10 heteroatoms. The molecule has 1 aliphatic carbocycles. The molecule has 0 radical (unpaired) electrons. The minimum Gasteiger partial charge on any atom is -0.377 e. The third-order valence-electron chi connectivity index (χ3n) is 6.82. The topological polar surface area (TPSA) is 113 Å². The van der Waals surface area contributed by atoms with Gasteiger partial charge in [-0.1, -0.05) is 0 Å². The van der Waals surface area contributed by atoms with Crippen molar-refractivity contribution in [3.63, 3.8) is 0 Å². The third-order valence-corrected chi connectivity index (χ3v) is 8.27. The fraction of sp³-hybridized carbons (Fsp3) is 0.737. The molecule has 3 aliphatic heterocycles. The van der Waals surface area contributed by atoms with Crippen molar-refractivity contribution in [1.82, 2.24) is 20.0 Å². The molecule has 4 heterocycles. The number of ether oxygens (including phenoxy) is 1. The molecule has 1 saturated carbocycles. The first-order chi connectivity index (χ1) is 13.7. The first-order valence-electron chi connectivity index (χ1n) is 10.2. The number of morpholine rings is 1. The van der Waals surface area contributed by atoms with Crippen LogP contribution in [0.15, 0.2) is 0 Å². The number of likely N-dealkylation sites (tertiary alicyclic amines) is 1. The van der Waals surface area contributed by atoms with Crippen molar-refractivity contribution in [1.29, 1.82) is 0 Å². The van der Waals surface area contributed by atoms with Crippen molar-refractivity contribution in [2.45, 2.75) is 62.7 Å². The van der Waals surface area contributed by atoms with Crippen LogP contribution < -0.4 is 0 Å². The Labute approximate surface area is 169 Å². The minimum atomic E-state index is -3.24. The number of hydrogen-bond acceptors (Lipinski definition) is 6. The second-order valence-corrected chi connectivity index (χ2v) is 11.3. The summed E-state index contributed by atoms with van der Waals surface area (Å²) in [5.41, 5.74) is 1.14. The quantitative estimate of drug-likeness (QED) is 0.741. The number of carbonyl (C=O) groups excluding carboxylic acids is 2. The van der Waals surface area contributed by atoms with Crippen LogP contribution in [0.5, 0.6) is 0 Å². The van der Waals surface area contributed by atoms with E-state index in [0.29, 0.717) is 37.4 Å². The number of sulfone groups is 1. The maximum absolute atomic E-state index is 13.5. The zero-order chi connectivity index (χ0) is 20.6. The van der Waals surface area contributed by atoms with E-state index in [-0.39, 0.29) is 46.5 Å². The van der Waals surface area contributed by atoms with Crippen LogP contribution in [0.3, 0.4) is 0 Å². The second kappa shape index (κ2) is 6.28. The molecule has 1 N–H and O–H groups in total. The van der Waals surface area contributed by atoms with Crippen molar-refractivity contribution >= 4 is 21.7 Å². The van der Waals surface area contributed by atoms with Gasteiger partial charge in [0, 0.05) is 12.1 Å². The number of amides is 2. The molecule has 158 valence electrons. The van der Waals surface area contributed by atoms with Crippen LogP contribution in [0.4, 0.5) is 0 Å². The van der Waals surface area contributed by atoms with Gasteiger partial charge in [0.25, 0.3) is 5.91 Å². The minimum absolute atomic E-state index is 0.0281.